The van der Waals surface area contributed by atoms with Gasteiger partial charge in [-0.05, 0) is 19.4 Å². The van der Waals surface area contributed by atoms with Gasteiger partial charge < -0.3 is 10.4 Å². The molecule has 0 saturated carbocycles. The molecule has 110 valence electrons. The highest BCUT2D eigenvalue weighted by Crippen LogP contribution is 2.25. The summed E-state index contributed by atoms with van der Waals surface area (Å²) in [7, 11) is -3.76. The molecule has 0 radical (unpaired) electrons. The van der Waals surface area contributed by atoms with E-state index >= 15 is 0 Å². The average Bonchev–Trinajstić information content (AvgIpc) is 2.93. The number of amides is 1. The van der Waals surface area contributed by atoms with Crippen LogP contribution in [-0.2, 0) is 14.8 Å². The van der Waals surface area contributed by atoms with Gasteiger partial charge in [-0.3, -0.25) is 4.79 Å². The van der Waals surface area contributed by atoms with Crippen LogP contribution in [0.25, 0.3) is 0 Å². The SMILES string of the molecule is Cc1sc(C(=O)O)cc1S(=O)(=O)NCC1CCC(=O)N1. The molecule has 9 heteroatoms. The van der Waals surface area contributed by atoms with Crippen LogP contribution in [0.1, 0.15) is 27.4 Å². The van der Waals surface area contributed by atoms with Crippen molar-refractivity contribution >= 4 is 33.2 Å². The summed E-state index contributed by atoms with van der Waals surface area (Å²) in [6.45, 7) is 1.66. The van der Waals surface area contributed by atoms with Crippen LogP contribution in [0.4, 0.5) is 0 Å². The summed E-state index contributed by atoms with van der Waals surface area (Å²) in [4.78, 5) is 22.3. The van der Waals surface area contributed by atoms with E-state index in [-0.39, 0.29) is 28.3 Å². The lowest BCUT2D eigenvalue weighted by Crippen LogP contribution is -2.38. The van der Waals surface area contributed by atoms with E-state index in [0.717, 1.165) is 17.4 Å². The minimum absolute atomic E-state index is 0.0166. The van der Waals surface area contributed by atoms with Gasteiger partial charge in [0.1, 0.15) is 4.88 Å². The van der Waals surface area contributed by atoms with Crippen LogP contribution < -0.4 is 10.0 Å². The fourth-order valence-electron chi connectivity index (χ4n) is 1.96. The Labute approximate surface area is 120 Å². The van der Waals surface area contributed by atoms with E-state index in [1.807, 2.05) is 0 Å². The number of carbonyl (C=O) groups excluding carboxylic acids is 1. The molecule has 0 aliphatic carbocycles. The normalized spacial score (nSPS) is 19.1. The molecule has 1 unspecified atom stereocenters. The van der Waals surface area contributed by atoms with Crippen molar-refractivity contribution in [2.45, 2.75) is 30.7 Å². The maximum Gasteiger partial charge on any atom is 0.345 e. The third-order valence-electron chi connectivity index (χ3n) is 2.98. The molecule has 3 N–H and O–H groups in total. The van der Waals surface area contributed by atoms with Gasteiger partial charge in [0.15, 0.2) is 0 Å². The summed E-state index contributed by atoms with van der Waals surface area (Å²) in [5.41, 5.74) is 0. The number of sulfonamides is 1. The van der Waals surface area contributed by atoms with Gasteiger partial charge in [0.25, 0.3) is 0 Å². The van der Waals surface area contributed by atoms with E-state index in [0.29, 0.717) is 17.7 Å². The molecule has 1 atom stereocenters. The van der Waals surface area contributed by atoms with Gasteiger partial charge in [-0.1, -0.05) is 0 Å². The van der Waals surface area contributed by atoms with Crippen molar-refractivity contribution in [2.24, 2.45) is 0 Å². The molecule has 2 heterocycles. The molecule has 7 nitrogen and oxygen atoms in total. The Kier molecular flexibility index (Phi) is 4.11. The van der Waals surface area contributed by atoms with Crippen LogP contribution in [0, 0.1) is 6.92 Å². The van der Waals surface area contributed by atoms with E-state index in [2.05, 4.69) is 10.0 Å². The van der Waals surface area contributed by atoms with Crippen molar-refractivity contribution in [2.75, 3.05) is 6.54 Å². The number of carboxylic acid groups (broad SMARTS) is 1. The number of rotatable bonds is 5. The molecule has 20 heavy (non-hydrogen) atoms. The van der Waals surface area contributed by atoms with Crippen LogP contribution in [0.3, 0.4) is 0 Å². The van der Waals surface area contributed by atoms with Crippen LogP contribution >= 0.6 is 11.3 Å². The molecule has 1 aromatic heterocycles. The Morgan fingerprint density at radius 3 is 2.80 bits per heavy atom. The van der Waals surface area contributed by atoms with E-state index < -0.39 is 16.0 Å². The van der Waals surface area contributed by atoms with Crippen LogP contribution in [0.2, 0.25) is 0 Å². The van der Waals surface area contributed by atoms with Gasteiger partial charge in [-0.15, -0.1) is 11.3 Å². The standard InChI is InChI=1S/C11H14N2O5S2/c1-6-9(4-8(19-6)11(15)16)20(17,18)12-5-7-2-3-10(14)13-7/h4,7,12H,2-3,5H2,1H3,(H,13,14)(H,15,16). The number of thiophene rings is 1. The fraction of sp³-hybridized carbons (Fsp3) is 0.455. The molecule has 1 aromatic rings. The minimum atomic E-state index is -3.76. The number of aromatic carboxylic acids is 1. The number of aryl methyl sites for hydroxylation is 1. The number of hydrogen-bond donors (Lipinski definition) is 3. The molecule has 2 rings (SSSR count). The van der Waals surface area contributed by atoms with Gasteiger partial charge in [-0.25, -0.2) is 17.9 Å². The van der Waals surface area contributed by atoms with Crippen LogP contribution in [0.5, 0.6) is 0 Å². The monoisotopic (exact) mass is 318 g/mol. The van der Waals surface area contributed by atoms with Gasteiger partial charge in [-0.2, -0.15) is 0 Å². The molecule has 1 aliphatic heterocycles. The Morgan fingerprint density at radius 2 is 2.30 bits per heavy atom. The quantitative estimate of drug-likeness (QED) is 0.723. The molecular weight excluding hydrogens is 304 g/mol. The van der Waals surface area contributed by atoms with Gasteiger partial charge in [0, 0.05) is 23.9 Å². The highest BCUT2D eigenvalue weighted by Gasteiger charge is 2.25. The number of carboxylic acids is 1. The molecule has 1 saturated heterocycles. The number of hydrogen-bond acceptors (Lipinski definition) is 5. The van der Waals surface area contributed by atoms with Crippen molar-refractivity contribution in [3.8, 4) is 0 Å². The highest BCUT2D eigenvalue weighted by molar-refractivity contribution is 7.89. The number of nitrogens with one attached hydrogen (secondary N) is 2. The van der Waals surface area contributed by atoms with Crippen LogP contribution in [0.15, 0.2) is 11.0 Å². The lowest BCUT2D eigenvalue weighted by Gasteiger charge is -2.11. The Morgan fingerprint density at radius 1 is 1.60 bits per heavy atom. The summed E-state index contributed by atoms with van der Waals surface area (Å²) >= 11 is 0.919. The van der Waals surface area contributed by atoms with Gasteiger partial charge in [0.05, 0.1) is 4.90 Å². The second-order valence-electron chi connectivity index (χ2n) is 4.49. The molecule has 1 fully saturated rings. The predicted molar refractivity (Wildman–Crippen MR) is 72.4 cm³/mol. The molecule has 0 aromatic carbocycles. The number of carbonyl (C=O) groups is 2. The molecule has 1 amide bonds. The third-order valence-corrected chi connectivity index (χ3v) is 5.69. The van der Waals surface area contributed by atoms with Crippen molar-refractivity contribution in [3.63, 3.8) is 0 Å². The lowest BCUT2D eigenvalue weighted by molar-refractivity contribution is -0.119. The first-order valence-corrected chi connectivity index (χ1v) is 8.22. The maximum absolute atomic E-state index is 12.1. The van der Waals surface area contributed by atoms with E-state index in [1.165, 1.54) is 0 Å². The first-order chi connectivity index (χ1) is 9.29. The molecule has 0 bridgehead atoms. The van der Waals surface area contributed by atoms with Crippen molar-refractivity contribution in [1.82, 2.24) is 10.0 Å². The summed E-state index contributed by atoms with van der Waals surface area (Å²) in [6.07, 6.45) is 0.984. The average molecular weight is 318 g/mol. The second kappa shape index (κ2) is 5.51. The van der Waals surface area contributed by atoms with E-state index in [1.54, 1.807) is 6.92 Å². The minimum Gasteiger partial charge on any atom is -0.477 e. The van der Waals surface area contributed by atoms with Crippen molar-refractivity contribution in [1.29, 1.82) is 0 Å². The highest BCUT2D eigenvalue weighted by atomic mass is 32.2. The summed E-state index contributed by atoms with van der Waals surface area (Å²) in [6, 6.07) is 0.938. The van der Waals surface area contributed by atoms with Gasteiger partial charge >= 0.3 is 5.97 Å². The predicted octanol–water partition coefficient (Wildman–Crippen LogP) is 0.312. The maximum atomic E-state index is 12.1. The summed E-state index contributed by atoms with van der Waals surface area (Å²) in [5.74, 6) is -1.24. The fourth-order valence-corrected chi connectivity index (χ4v) is 4.47. The van der Waals surface area contributed by atoms with Crippen molar-refractivity contribution in [3.05, 3.63) is 15.8 Å². The zero-order valence-electron chi connectivity index (χ0n) is 10.7. The topological polar surface area (TPSA) is 113 Å². The summed E-state index contributed by atoms with van der Waals surface area (Å²) in [5, 5.41) is 11.5. The van der Waals surface area contributed by atoms with Crippen LogP contribution in [-0.4, -0.2) is 38.0 Å². The largest absolute Gasteiger partial charge is 0.477 e. The smallest absolute Gasteiger partial charge is 0.345 e. The first kappa shape index (κ1) is 14.9. The molecule has 0 spiro atoms. The first-order valence-electron chi connectivity index (χ1n) is 5.92. The molecular formula is C11H14N2O5S2. The Balaban J connectivity index is 2.10. The summed E-state index contributed by atoms with van der Waals surface area (Å²) < 4.78 is 26.6. The van der Waals surface area contributed by atoms with Crippen molar-refractivity contribution < 1.29 is 23.1 Å². The third kappa shape index (κ3) is 3.17. The lowest BCUT2D eigenvalue weighted by atomic mass is 10.2. The van der Waals surface area contributed by atoms with E-state index in [9.17, 15) is 18.0 Å². The second-order valence-corrected chi connectivity index (χ2v) is 7.48. The zero-order valence-corrected chi connectivity index (χ0v) is 12.3. The van der Waals surface area contributed by atoms with E-state index in [4.69, 9.17) is 5.11 Å². The Hall–Kier alpha value is -1.45. The van der Waals surface area contributed by atoms with Gasteiger partial charge in [0.2, 0.25) is 15.9 Å². The molecule has 1 aliphatic rings. The zero-order chi connectivity index (χ0) is 14.9. The Bertz CT molecular complexity index is 650.